The third kappa shape index (κ3) is 3.64. The van der Waals surface area contributed by atoms with E-state index < -0.39 is 4.92 Å². The fourth-order valence-corrected chi connectivity index (χ4v) is 1.88. The molecular formula is C14H13ClN4O3. The number of nitrogens with two attached hydrogens (primary N) is 1. The lowest BCUT2D eigenvalue weighted by molar-refractivity contribution is -0.384. The lowest BCUT2D eigenvalue weighted by Crippen LogP contribution is -2.15. The predicted molar refractivity (Wildman–Crippen MR) is 85.4 cm³/mol. The van der Waals surface area contributed by atoms with Gasteiger partial charge in [-0.1, -0.05) is 11.6 Å². The Kier molecular flexibility index (Phi) is 4.80. The van der Waals surface area contributed by atoms with Crippen LogP contribution in [0.1, 0.15) is 5.56 Å². The Hall–Kier alpha value is -2.80. The molecule has 22 heavy (non-hydrogen) atoms. The highest BCUT2D eigenvalue weighted by atomic mass is 35.5. The molecule has 0 aliphatic heterocycles. The molecule has 0 unspecified atom stereocenters. The summed E-state index contributed by atoms with van der Waals surface area (Å²) in [6, 6.07) is 11.1. The van der Waals surface area contributed by atoms with Crippen molar-refractivity contribution >= 4 is 28.8 Å². The van der Waals surface area contributed by atoms with Gasteiger partial charge in [-0.3, -0.25) is 15.5 Å². The predicted octanol–water partition coefficient (Wildman–Crippen LogP) is 2.99. The number of anilines is 1. The van der Waals surface area contributed by atoms with Crippen LogP contribution in [0.4, 0.5) is 11.4 Å². The molecule has 0 amide bonds. The van der Waals surface area contributed by atoms with E-state index in [1.54, 1.807) is 31.4 Å². The van der Waals surface area contributed by atoms with E-state index in [-0.39, 0.29) is 17.2 Å². The monoisotopic (exact) mass is 320 g/mol. The quantitative estimate of drug-likeness (QED) is 0.381. The summed E-state index contributed by atoms with van der Waals surface area (Å²) in [5.41, 5.74) is 9.08. The number of nitro benzene ring substituents is 1. The molecule has 0 aliphatic rings. The first-order chi connectivity index (χ1) is 10.5. The molecule has 114 valence electrons. The van der Waals surface area contributed by atoms with E-state index in [4.69, 9.17) is 22.1 Å². The highest BCUT2D eigenvalue weighted by molar-refractivity contribution is 6.31. The zero-order valence-corrected chi connectivity index (χ0v) is 12.4. The fourth-order valence-electron chi connectivity index (χ4n) is 1.70. The maximum Gasteiger partial charge on any atom is 0.294 e. The van der Waals surface area contributed by atoms with Gasteiger partial charge in [0, 0.05) is 16.7 Å². The minimum Gasteiger partial charge on any atom is -0.497 e. The van der Waals surface area contributed by atoms with Crippen molar-refractivity contribution in [1.82, 2.24) is 0 Å². The summed E-state index contributed by atoms with van der Waals surface area (Å²) < 4.78 is 5.05. The van der Waals surface area contributed by atoms with Crippen molar-refractivity contribution in [3.63, 3.8) is 0 Å². The first-order valence-corrected chi connectivity index (χ1v) is 6.56. The highest BCUT2D eigenvalue weighted by Gasteiger charge is 2.13. The van der Waals surface area contributed by atoms with Gasteiger partial charge in [0.15, 0.2) is 5.84 Å². The number of ether oxygens (including phenoxy) is 1. The van der Waals surface area contributed by atoms with E-state index in [0.29, 0.717) is 16.3 Å². The molecule has 0 spiro atoms. The second-order valence-electron chi connectivity index (χ2n) is 4.26. The minimum atomic E-state index is -0.530. The molecule has 8 heteroatoms. The first-order valence-electron chi connectivity index (χ1n) is 6.19. The number of methoxy groups -OCH3 is 1. The van der Waals surface area contributed by atoms with Gasteiger partial charge in [0.2, 0.25) is 0 Å². The van der Waals surface area contributed by atoms with Crippen LogP contribution in [0, 0.1) is 10.1 Å². The van der Waals surface area contributed by atoms with Crippen molar-refractivity contribution in [3.8, 4) is 5.75 Å². The van der Waals surface area contributed by atoms with Crippen LogP contribution in [-0.2, 0) is 0 Å². The Morgan fingerprint density at radius 1 is 1.32 bits per heavy atom. The molecule has 0 fully saturated rings. The van der Waals surface area contributed by atoms with Crippen LogP contribution in [0.5, 0.6) is 5.75 Å². The summed E-state index contributed by atoms with van der Waals surface area (Å²) in [5, 5.41) is 15.2. The van der Waals surface area contributed by atoms with Crippen LogP contribution in [0.3, 0.4) is 0 Å². The van der Waals surface area contributed by atoms with E-state index >= 15 is 0 Å². The second kappa shape index (κ2) is 6.77. The summed E-state index contributed by atoms with van der Waals surface area (Å²) in [7, 11) is 1.56. The fraction of sp³-hybridized carbons (Fsp3) is 0.0714. The summed E-state index contributed by atoms with van der Waals surface area (Å²) in [6.45, 7) is 0. The van der Waals surface area contributed by atoms with Gasteiger partial charge < -0.3 is 10.5 Å². The average molecular weight is 321 g/mol. The Morgan fingerprint density at radius 2 is 2.00 bits per heavy atom. The topological polar surface area (TPSA) is 103 Å². The molecule has 0 bridgehead atoms. The molecule has 0 heterocycles. The summed E-state index contributed by atoms with van der Waals surface area (Å²) >= 11 is 5.83. The van der Waals surface area contributed by atoms with Gasteiger partial charge in [-0.15, -0.1) is 0 Å². The number of nitrogens with zero attached hydrogens (tertiary/aromatic N) is 2. The average Bonchev–Trinajstić information content (AvgIpc) is 2.52. The van der Waals surface area contributed by atoms with Crippen LogP contribution in [-0.4, -0.2) is 17.9 Å². The maximum absolute atomic E-state index is 10.9. The summed E-state index contributed by atoms with van der Waals surface area (Å²) in [6.07, 6.45) is 0. The molecule has 0 saturated carbocycles. The molecule has 2 aromatic carbocycles. The van der Waals surface area contributed by atoms with Gasteiger partial charge in [0.1, 0.15) is 11.4 Å². The van der Waals surface area contributed by atoms with Crippen molar-refractivity contribution in [1.29, 1.82) is 0 Å². The largest absolute Gasteiger partial charge is 0.497 e. The highest BCUT2D eigenvalue weighted by Crippen LogP contribution is 2.27. The lowest BCUT2D eigenvalue weighted by Gasteiger charge is -2.05. The molecule has 0 atom stereocenters. The summed E-state index contributed by atoms with van der Waals surface area (Å²) in [5.74, 6) is 0.868. The Balaban J connectivity index is 2.23. The molecule has 0 aromatic heterocycles. The van der Waals surface area contributed by atoms with E-state index in [1.807, 2.05) is 0 Å². The van der Waals surface area contributed by atoms with Gasteiger partial charge in [0.05, 0.1) is 12.0 Å². The Labute approximate surface area is 131 Å². The van der Waals surface area contributed by atoms with Crippen LogP contribution in [0.25, 0.3) is 0 Å². The van der Waals surface area contributed by atoms with Crippen LogP contribution >= 0.6 is 11.6 Å². The molecule has 0 saturated heterocycles. The van der Waals surface area contributed by atoms with Gasteiger partial charge in [-0.05, 0) is 36.4 Å². The number of benzene rings is 2. The molecular weight excluding hydrogens is 308 g/mol. The number of nitrogens with one attached hydrogen (secondary N) is 1. The van der Waals surface area contributed by atoms with Crippen molar-refractivity contribution < 1.29 is 9.66 Å². The first kappa shape index (κ1) is 15.6. The van der Waals surface area contributed by atoms with E-state index in [2.05, 4.69) is 10.5 Å². The van der Waals surface area contributed by atoms with Crippen LogP contribution < -0.4 is 15.9 Å². The maximum atomic E-state index is 10.9. The second-order valence-corrected chi connectivity index (χ2v) is 4.69. The van der Waals surface area contributed by atoms with Crippen LogP contribution in [0.15, 0.2) is 47.6 Å². The molecule has 3 N–H and O–H groups in total. The molecule has 2 aromatic rings. The number of halogens is 1. The number of hydrogen-bond acceptors (Lipinski definition) is 5. The van der Waals surface area contributed by atoms with E-state index in [0.717, 1.165) is 0 Å². The molecule has 7 nitrogen and oxygen atoms in total. The van der Waals surface area contributed by atoms with Crippen molar-refractivity contribution in [3.05, 3.63) is 63.2 Å². The van der Waals surface area contributed by atoms with Crippen molar-refractivity contribution in [2.45, 2.75) is 0 Å². The number of hydrogen-bond donors (Lipinski definition) is 2. The van der Waals surface area contributed by atoms with Crippen LogP contribution in [0.2, 0.25) is 5.02 Å². The van der Waals surface area contributed by atoms with Gasteiger partial charge in [-0.2, -0.15) is 5.10 Å². The standard InChI is InChI=1S/C14H13ClN4O3/c1-22-11-5-2-9(3-6-11)14(16)18-17-12-8-10(15)4-7-13(12)19(20)21/h2-8,17H,1H3,(H2,16,18). The number of hydrazone groups is 1. The third-order valence-electron chi connectivity index (χ3n) is 2.84. The molecule has 0 radical (unpaired) electrons. The van der Waals surface area contributed by atoms with Gasteiger partial charge in [0.25, 0.3) is 5.69 Å². The SMILES string of the molecule is COc1ccc(/C(N)=N\Nc2cc(Cl)ccc2[N+](=O)[O-])cc1. The molecule has 0 aliphatic carbocycles. The lowest BCUT2D eigenvalue weighted by atomic mass is 10.2. The van der Waals surface area contributed by atoms with Gasteiger partial charge >= 0.3 is 0 Å². The number of rotatable bonds is 5. The number of amidine groups is 1. The Bertz CT molecular complexity index is 717. The minimum absolute atomic E-state index is 0.143. The zero-order valence-electron chi connectivity index (χ0n) is 11.6. The number of nitro groups is 1. The van der Waals surface area contributed by atoms with Crippen molar-refractivity contribution in [2.75, 3.05) is 12.5 Å². The van der Waals surface area contributed by atoms with E-state index in [1.165, 1.54) is 18.2 Å². The molecule has 2 rings (SSSR count). The van der Waals surface area contributed by atoms with Crippen molar-refractivity contribution in [2.24, 2.45) is 10.8 Å². The smallest absolute Gasteiger partial charge is 0.294 e. The van der Waals surface area contributed by atoms with Gasteiger partial charge in [-0.25, -0.2) is 0 Å². The van der Waals surface area contributed by atoms with E-state index in [9.17, 15) is 10.1 Å². The normalized spacial score (nSPS) is 11.1. The third-order valence-corrected chi connectivity index (χ3v) is 3.07. The Morgan fingerprint density at radius 3 is 2.59 bits per heavy atom. The zero-order chi connectivity index (χ0) is 16.1. The summed E-state index contributed by atoms with van der Waals surface area (Å²) in [4.78, 5) is 10.4.